The van der Waals surface area contributed by atoms with E-state index in [1.165, 1.54) is 0 Å². The zero-order valence-electron chi connectivity index (χ0n) is 4.96. The Morgan fingerprint density at radius 1 is 1.56 bits per heavy atom. The minimum atomic E-state index is -0.639. The lowest BCUT2D eigenvalue weighted by molar-refractivity contribution is 1.01. The molecule has 0 aromatic rings. The molecule has 0 aromatic heterocycles. The van der Waals surface area contributed by atoms with Crippen LogP contribution in [-0.4, -0.2) is 22.6 Å². The smallest absolute Gasteiger partial charge is 0.309 e. The maximum absolute atomic E-state index is 6.45. The van der Waals surface area contributed by atoms with Gasteiger partial charge in [-0.15, -0.1) is 0 Å². The summed E-state index contributed by atoms with van der Waals surface area (Å²) < 4.78 is 1.14. The van der Waals surface area contributed by atoms with Crippen LogP contribution in [-0.2, 0) is 0 Å². The van der Waals surface area contributed by atoms with Crippen LogP contribution in [0.4, 0.5) is 0 Å². The topological polar surface area (TPSA) is 0 Å². The largest absolute Gasteiger partial charge is 0.618 e. The molecule has 0 N–H and O–H groups in total. The van der Waals surface area contributed by atoms with Crippen molar-refractivity contribution in [1.29, 1.82) is 0 Å². The molecular weight excluding hydrogens is 282 g/mol. The van der Waals surface area contributed by atoms with Crippen molar-refractivity contribution in [2.24, 2.45) is 0 Å². The van der Waals surface area contributed by atoms with Crippen molar-refractivity contribution in [3.63, 3.8) is 0 Å². The van der Waals surface area contributed by atoms with Crippen LogP contribution in [0, 0.1) is 12.3 Å². The molecule has 0 atom stereocenters. The van der Waals surface area contributed by atoms with Gasteiger partial charge in [0.1, 0.15) is 0 Å². The summed E-state index contributed by atoms with van der Waals surface area (Å²) in [6.45, 7) is 0. The molecule has 0 spiro atoms. The second kappa shape index (κ2) is 16.3. The van der Waals surface area contributed by atoms with Gasteiger partial charge in [0.2, 0.25) is 0 Å². The molecule has 0 aliphatic rings. The van der Waals surface area contributed by atoms with E-state index in [-0.39, 0.29) is 0 Å². The summed E-state index contributed by atoms with van der Waals surface area (Å²) in [7, 11) is 9.81. The van der Waals surface area contributed by atoms with E-state index in [4.69, 9.17) is 24.6 Å². The van der Waals surface area contributed by atoms with Crippen LogP contribution in [0.3, 0.4) is 0 Å². The first-order valence-electron chi connectivity index (χ1n) is 2.41. The van der Waals surface area contributed by atoms with Crippen molar-refractivity contribution in [2.45, 2.75) is 12.8 Å². The summed E-state index contributed by atoms with van der Waals surface area (Å²) in [5.41, 5.74) is 0. The number of hydrogen-bond acceptors (Lipinski definition) is 0. The number of unbranched alkanes of at least 4 members (excludes halogenated alkanes) is 1. The lowest BCUT2D eigenvalue weighted by Crippen LogP contribution is -1.67. The average Bonchev–Trinajstić information content (AvgIpc) is 1.86. The molecule has 0 amide bonds. The SMILES string of the molecule is [C]#CCCCI.[Cl][Mg][Cl]. The summed E-state index contributed by atoms with van der Waals surface area (Å²) in [6, 6.07) is 0. The van der Waals surface area contributed by atoms with E-state index >= 15 is 0 Å². The highest BCUT2D eigenvalue weighted by atomic mass is 127. The van der Waals surface area contributed by atoms with Crippen LogP contribution in [0.15, 0.2) is 0 Å². The molecule has 0 rings (SSSR count). The molecule has 49 valence electrons. The van der Waals surface area contributed by atoms with Crippen LogP contribution in [0.5, 0.6) is 0 Å². The molecule has 0 nitrogen and oxygen atoms in total. The first kappa shape index (κ1) is 13.2. The van der Waals surface area contributed by atoms with Crippen LogP contribution in [0.2, 0.25) is 0 Å². The summed E-state index contributed by atoms with van der Waals surface area (Å²) in [6.07, 6.45) is 8.38. The first-order chi connectivity index (χ1) is 4.33. The monoisotopic (exact) mass is 287 g/mol. The highest BCUT2D eigenvalue weighted by molar-refractivity contribution is 14.1. The third-order valence-electron chi connectivity index (χ3n) is 0.435. The van der Waals surface area contributed by atoms with E-state index in [2.05, 4.69) is 28.5 Å². The van der Waals surface area contributed by atoms with Gasteiger partial charge >= 0.3 is 18.2 Å². The van der Waals surface area contributed by atoms with Gasteiger partial charge in [-0.1, -0.05) is 28.5 Å². The molecule has 0 fully saturated rings. The van der Waals surface area contributed by atoms with E-state index < -0.39 is 18.2 Å². The Bertz CT molecular complexity index is 71.8. The van der Waals surface area contributed by atoms with Gasteiger partial charge in [0, 0.05) is 10.8 Å². The Kier molecular flexibility index (Phi) is 24.0. The molecule has 0 bridgehead atoms. The predicted octanol–water partition coefficient (Wildman–Crippen LogP) is 2.79. The van der Waals surface area contributed by atoms with Crippen molar-refractivity contribution >= 4 is 58.9 Å². The maximum atomic E-state index is 6.45. The summed E-state index contributed by atoms with van der Waals surface area (Å²) in [5.74, 6) is 2.31. The van der Waals surface area contributed by atoms with Crippen LogP contribution < -0.4 is 0 Å². The lowest BCUT2D eigenvalue weighted by atomic mass is 10.4. The molecule has 0 saturated carbocycles. The highest BCUT2D eigenvalue weighted by Crippen LogP contribution is 1.90. The fraction of sp³-hybridized carbons (Fsp3) is 0.600. The normalized spacial score (nSPS) is 6.00. The second-order valence-corrected chi connectivity index (χ2v) is 4.78. The predicted molar refractivity (Wildman–Crippen MR) is 52.7 cm³/mol. The quantitative estimate of drug-likeness (QED) is 0.241. The molecule has 0 aliphatic carbocycles. The van der Waals surface area contributed by atoms with Crippen molar-refractivity contribution in [3.8, 4) is 5.92 Å². The van der Waals surface area contributed by atoms with Crippen molar-refractivity contribution in [3.05, 3.63) is 6.42 Å². The van der Waals surface area contributed by atoms with E-state index in [1.54, 1.807) is 0 Å². The van der Waals surface area contributed by atoms with Crippen LogP contribution in [0.25, 0.3) is 0 Å². The van der Waals surface area contributed by atoms with Crippen molar-refractivity contribution < 1.29 is 0 Å². The average molecular weight is 288 g/mol. The van der Waals surface area contributed by atoms with E-state index in [0.717, 1.165) is 17.3 Å². The first-order valence-corrected chi connectivity index (χ1v) is 8.21. The standard InChI is InChI=1S/C5H6I.2ClH.Mg/c1-2-3-4-5-6;;;/h3-5H2;2*1H;/q;;;+2/p-2. The zero-order valence-corrected chi connectivity index (χ0v) is 10.0. The molecule has 0 aliphatic heterocycles. The van der Waals surface area contributed by atoms with E-state index in [0.29, 0.717) is 0 Å². The number of rotatable bonds is 2. The summed E-state index contributed by atoms with van der Waals surface area (Å²) in [4.78, 5) is 0. The Balaban J connectivity index is 0. The van der Waals surface area contributed by atoms with Crippen LogP contribution >= 0.6 is 40.7 Å². The molecule has 4 heteroatoms. The van der Waals surface area contributed by atoms with Gasteiger partial charge in [0.05, 0.1) is 0 Å². The second-order valence-electron chi connectivity index (χ2n) is 1.07. The maximum Gasteiger partial charge on any atom is 0.618 e. The van der Waals surface area contributed by atoms with E-state index in [9.17, 15) is 0 Å². The van der Waals surface area contributed by atoms with Crippen molar-refractivity contribution in [1.82, 2.24) is 0 Å². The zero-order chi connectivity index (χ0) is 7.54. The fourth-order valence-corrected chi connectivity index (χ4v) is 0.537. The third-order valence-corrected chi connectivity index (χ3v) is 1.20. The van der Waals surface area contributed by atoms with Gasteiger partial charge < -0.3 is 18.1 Å². The van der Waals surface area contributed by atoms with Gasteiger partial charge in [-0.25, -0.2) is 0 Å². The van der Waals surface area contributed by atoms with Gasteiger partial charge in [-0.3, -0.25) is 0 Å². The Morgan fingerprint density at radius 3 is 2.11 bits per heavy atom. The fourth-order valence-electron chi connectivity index (χ4n) is 0.155. The molecule has 9 heavy (non-hydrogen) atoms. The highest BCUT2D eigenvalue weighted by Gasteiger charge is 1.73. The Morgan fingerprint density at radius 2 is 2.00 bits per heavy atom. The number of hydrogen-bond donors (Lipinski definition) is 0. The molecule has 0 unspecified atom stereocenters. The van der Waals surface area contributed by atoms with Gasteiger partial charge in [0.25, 0.3) is 0 Å². The number of alkyl halides is 1. The van der Waals surface area contributed by atoms with E-state index in [1.807, 2.05) is 0 Å². The molecule has 0 saturated heterocycles. The molecule has 1 radical (unpaired) electrons. The number of halogens is 3. The van der Waals surface area contributed by atoms with Gasteiger partial charge in [0.15, 0.2) is 0 Å². The Labute approximate surface area is 87.5 Å². The minimum absolute atomic E-state index is 0.639. The molecule has 0 heterocycles. The lowest BCUT2D eigenvalue weighted by Gasteiger charge is -1.77. The minimum Gasteiger partial charge on any atom is -0.309 e. The summed E-state index contributed by atoms with van der Waals surface area (Å²) >= 11 is 1.65. The molecule has 0 aromatic carbocycles. The van der Waals surface area contributed by atoms with Gasteiger partial charge in [-0.2, -0.15) is 0 Å². The third kappa shape index (κ3) is 26.1. The van der Waals surface area contributed by atoms with Gasteiger partial charge in [-0.05, 0) is 12.8 Å². The Hall–Kier alpha value is 1.64. The van der Waals surface area contributed by atoms with Crippen LogP contribution in [0.1, 0.15) is 12.8 Å². The summed E-state index contributed by atoms with van der Waals surface area (Å²) in [5, 5.41) is 0. The molecular formula is C5H6Cl2IMg. The van der Waals surface area contributed by atoms with Crippen molar-refractivity contribution in [2.75, 3.05) is 4.43 Å².